The number of hydrogen-bond donors (Lipinski definition) is 0. The van der Waals surface area contributed by atoms with Gasteiger partial charge in [0, 0.05) is 34.1 Å². The van der Waals surface area contributed by atoms with E-state index in [1.54, 1.807) is 0 Å². The van der Waals surface area contributed by atoms with E-state index >= 15 is 0 Å². The highest BCUT2D eigenvalue weighted by molar-refractivity contribution is 6.09. The van der Waals surface area contributed by atoms with E-state index in [1.807, 2.05) is 24.3 Å². The summed E-state index contributed by atoms with van der Waals surface area (Å²) in [6, 6.07) is 44.2. The van der Waals surface area contributed by atoms with Gasteiger partial charge in [-0.15, -0.1) is 0 Å². The smallest absolute Gasteiger partial charge is 0.165 e. The van der Waals surface area contributed by atoms with Crippen molar-refractivity contribution in [1.82, 2.24) is 15.0 Å². The zero-order valence-corrected chi connectivity index (χ0v) is 25.3. The Morgan fingerprint density at radius 2 is 1.26 bits per heavy atom. The predicted molar refractivity (Wildman–Crippen MR) is 188 cm³/mol. The molecule has 46 heavy (non-hydrogen) atoms. The second kappa shape index (κ2) is 10.6. The quantitative estimate of drug-likeness (QED) is 0.191. The highest BCUT2D eigenvalue weighted by Crippen LogP contribution is 2.43. The summed E-state index contributed by atoms with van der Waals surface area (Å²) in [6.07, 6.45) is 5.34. The summed E-state index contributed by atoms with van der Waals surface area (Å²) in [5.74, 6) is 3.33. The largest absolute Gasteiger partial charge is 0.460 e. The van der Waals surface area contributed by atoms with Crippen LogP contribution >= 0.6 is 0 Å². The van der Waals surface area contributed by atoms with Crippen molar-refractivity contribution in [2.45, 2.75) is 13.3 Å². The van der Waals surface area contributed by atoms with E-state index in [2.05, 4.69) is 122 Å². The minimum atomic E-state index is 0.420. The van der Waals surface area contributed by atoms with Crippen LogP contribution in [0, 0.1) is 5.92 Å². The van der Waals surface area contributed by atoms with E-state index in [0.29, 0.717) is 23.4 Å². The van der Waals surface area contributed by atoms with Crippen molar-refractivity contribution in [3.8, 4) is 45.3 Å². The summed E-state index contributed by atoms with van der Waals surface area (Å²) in [5.41, 5.74) is 6.96. The molecule has 0 bridgehead atoms. The van der Waals surface area contributed by atoms with Gasteiger partial charge in [-0.25, -0.2) is 15.0 Å². The van der Waals surface area contributed by atoms with Gasteiger partial charge in [-0.1, -0.05) is 128 Å². The first-order valence-corrected chi connectivity index (χ1v) is 15.8. The second-order valence-electron chi connectivity index (χ2n) is 12.1. The van der Waals surface area contributed by atoms with Crippen molar-refractivity contribution in [2.24, 2.45) is 5.92 Å². The van der Waals surface area contributed by atoms with Gasteiger partial charge in [-0.2, -0.15) is 0 Å². The standard InChI is InChI=1S/C42H29N3O/c1-26-16-20-35-37(24-26)46-36-23-22-34(27-10-4-2-5-11-27)39(38(35)36)42-44-40(29-13-6-3-7-14-29)43-41(45-42)31-19-21-33-30(25-31)18-17-28-12-8-9-15-32(28)33/h2-23,25-26H,24H2,1H3. The molecule has 4 nitrogen and oxygen atoms in total. The maximum Gasteiger partial charge on any atom is 0.165 e. The Hall–Kier alpha value is -5.87. The SMILES string of the molecule is CC1C=Cc2c(oc3ccc(-c4ccccc4)c(-c4nc(-c5ccccc5)nc(-c5ccc6c(ccc7ccccc76)c5)n4)c23)C1. The van der Waals surface area contributed by atoms with Gasteiger partial charge in [-0.3, -0.25) is 0 Å². The van der Waals surface area contributed by atoms with Crippen LogP contribution in [0.4, 0.5) is 0 Å². The van der Waals surface area contributed by atoms with E-state index in [1.165, 1.54) is 16.2 Å². The van der Waals surface area contributed by atoms with Crippen LogP contribution < -0.4 is 0 Å². The Morgan fingerprint density at radius 3 is 2.09 bits per heavy atom. The highest BCUT2D eigenvalue weighted by atomic mass is 16.3. The Labute approximate surface area is 266 Å². The molecule has 1 aliphatic rings. The van der Waals surface area contributed by atoms with Crippen LogP contribution in [0.1, 0.15) is 18.2 Å². The summed E-state index contributed by atoms with van der Waals surface area (Å²) < 4.78 is 6.50. The maximum atomic E-state index is 6.50. The summed E-state index contributed by atoms with van der Waals surface area (Å²) in [5, 5.41) is 5.86. The zero-order valence-electron chi connectivity index (χ0n) is 25.3. The number of nitrogens with zero attached hydrogens (tertiary/aromatic N) is 3. The molecule has 9 rings (SSSR count). The number of rotatable bonds is 4. The van der Waals surface area contributed by atoms with Crippen LogP contribution in [-0.2, 0) is 6.42 Å². The Morgan fingerprint density at radius 1 is 0.587 bits per heavy atom. The van der Waals surface area contributed by atoms with Crippen LogP contribution in [0.3, 0.4) is 0 Å². The van der Waals surface area contributed by atoms with Crippen LogP contribution in [0.5, 0.6) is 0 Å². The van der Waals surface area contributed by atoms with Gasteiger partial charge < -0.3 is 4.42 Å². The molecule has 0 amide bonds. The Balaban J connectivity index is 1.33. The molecule has 2 aromatic heterocycles. The van der Waals surface area contributed by atoms with Crippen molar-refractivity contribution in [2.75, 3.05) is 0 Å². The van der Waals surface area contributed by atoms with Crippen molar-refractivity contribution in [3.63, 3.8) is 0 Å². The molecule has 6 aromatic carbocycles. The van der Waals surface area contributed by atoms with Gasteiger partial charge in [0.15, 0.2) is 17.5 Å². The summed E-state index contributed by atoms with van der Waals surface area (Å²) in [6.45, 7) is 2.22. The lowest BCUT2D eigenvalue weighted by Crippen LogP contribution is -2.03. The molecule has 1 atom stereocenters. The Kier molecular flexibility index (Phi) is 6.13. The predicted octanol–water partition coefficient (Wildman–Crippen LogP) is 10.8. The number of aromatic nitrogens is 3. The lowest BCUT2D eigenvalue weighted by Gasteiger charge is -2.15. The van der Waals surface area contributed by atoms with Gasteiger partial charge in [0.05, 0.1) is 0 Å². The molecule has 0 radical (unpaired) electrons. The van der Waals surface area contributed by atoms with Gasteiger partial charge in [0.25, 0.3) is 0 Å². The first kappa shape index (κ1) is 26.5. The molecule has 218 valence electrons. The normalized spacial score (nSPS) is 14.2. The van der Waals surface area contributed by atoms with E-state index in [4.69, 9.17) is 19.4 Å². The van der Waals surface area contributed by atoms with Crippen molar-refractivity contribution in [1.29, 1.82) is 0 Å². The third-order valence-corrected chi connectivity index (χ3v) is 9.05. The second-order valence-corrected chi connectivity index (χ2v) is 12.1. The minimum absolute atomic E-state index is 0.420. The molecular weight excluding hydrogens is 562 g/mol. The monoisotopic (exact) mass is 591 g/mol. The fourth-order valence-electron chi connectivity index (χ4n) is 6.79. The first-order valence-electron chi connectivity index (χ1n) is 15.8. The maximum absolute atomic E-state index is 6.50. The molecule has 0 aliphatic heterocycles. The van der Waals surface area contributed by atoms with Crippen LogP contribution in [0.2, 0.25) is 0 Å². The molecular formula is C42H29N3O. The molecule has 1 aliphatic carbocycles. The van der Waals surface area contributed by atoms with Crippen LogP contribution in [0.25, 0.3) is 83.9 Å². The van der Waals surface area contributed by atoms with Crippen molar-refractivity contribution in [3.05, 3.63) is 145 Å². The summed E-state index contributed by atoms with van der Waals surface area (Å²) >= 11 is 0. The molecule has 0 saturated carbocycles. The van der Waals surface area contributed by atoms with Gasteiger partial charge in [0.1, 0.15) is 11.3 Å². The molecule has 0 N–H and O–H groups in total. The fraction of sp³-hybridized carbons (Fsp3) is 0.0714. The average Bonchev–Trinajstić information content (AvgIpc) is 3.49. The molecule has 0 spiro atoms. The fourth-order valence-corrected chi connectivity index (χ4v) is 6.79. The summed E-state index contributed by atoms with van der Waals surface area (Å²) in [4.78, 5) is 15.5. The van der Waals surface area contributed by atoms with E-state index in [-0.39, 0.29) is 0 Å². The zero-order chi connectivity index (χ0) is 30.6. The highest BCUT2D eigenvalue weighted by Gasteiger charge is 2.25. The van der Waals surface area contributed by atoms with Crippen LogP contribution in [-0.4, -0.2) is 15.0 Å². The average molecular weight is 592 g/mol. The molecule has 8 aromatic rings. The van der Waals surface area contributed by atoms with Crippen molar-refractivity contribution < 1.29 is 4.42 Å². The lowest BCUT2D eigenvalue weighted by atomic mass is 9.90. The number of hydrogen-bond acceptors (Lipinski definition) is 4. The number of fused-ring (bicyclic) bond motifs is 6. The third kappa shape index (κ3) is 4.41. The van der Waals surface area contributed by atoms with Gasteiger partial charge >= 0.3 is 0 Å². The van der Waals surface area contributed by atoms with E-state index in [0.717, 1.165) is 61.9 Å². The minimum Gasteiger partial charge on any atom is -0.460 e. The third-order valence-electron chi connectivity index (χ3n) is 9.05. The van der Waals surface area contributed by atoms with Gasteiger partial charge in [0.2, 0.25) is 0 Å². The van der Waals surface area contributed by atoms with Crippen molar-refractivity contribution >= 4 is 38.6 Å². The molecule has 4 heteroatoms. The Bertz CT molecular complexity index is 2460. The van der Waals surface area contributed by atoms with Crippen LogP contribution in [0.15, 0.2) is 138 Å². The molecule has 1 unspecified atom stereocenters. The number of benzene rings is 6. The summed E-state index contributed by atoms with van der Waals surface area (Å²) in [7, 11) is 0. The molecule has 2 heterocycles. The number of allylic oxidation sites excluding steroid dienone is 1. The first-order chi connectivity index (χ1) is 22.7. The van der Waals surface area contributed by atoms with E-state index < -0.39 is 0 Å². The topological polar surface area (TPSA) is 51.8 Å². The lowest BCUT2D eigenvalue weighted by molar-refractivity contribution is 0.513. The van der Waals surface area contributed by atoms with E-state index in [9.17, 15) is 0 Å². The molecule has 0 saturated heterocycles. The number of furan rings is 1. The van der Waals surface area contributed by atoms with Gasteiger partial charge in [-0.05, 0) is 56.8 Å². The molecule has 0 fully saturated rings.